The molecule has 9 heteroatoms. The van der Waals surface area contributed by atoms with E-state index in [0.29, 0.717) is 5.56 Å². The second-order valence-electron chi connectivity index (χ2n) is 7.13. The molecule has 1 saturated heterocycles. The van der Waals surface area contributed by atoms with Gasteiger partial charge in [-0.05, 0) is 25.3 Å². The van der Waals surface area contributed by atoms with Crippen molar-refractivity contribution in [3.63, 3.8) is 0 Å². The number of alkyl halides is 3. The van der Waals surface area contributed by atoms with Gasteiger partial charge in [-0.15, -0.1) is 0 Å². The Morgan fingerprint density at radius 3 is 2.15 bits per heavy atom. The summed E-state index contributed by atoms with van der Waals surface area (Å²) in [4.78, 5) is 38.8. The minimum absolute atomic E-state index is 0.0684. The molecule has 2 N–H and O–H groups in total. The fourth-order valence-electron chi connectivity index (χ4n) is 3.60. The minimum atomic E-state index is -4.60. The van der Waals surface area contributed by atoms with E-state index in [4.69, 9.17) is 5.73 Å². The molecule has 2 fully saturated rings. The van der Waals surface area contributed by atoms with Crippen LogP contribution in [0.2, 0.25) is 0 Å². The molecule has 1 heterocycles. The van der Waals surface area contributed by atoms with Crippen LogP contribution in [-0.4, -0.2) is 52.8 Å². The molecule has 1 saturated carbocycles. The second kappa shape index (κ2) is 6.54. The molecule has 146 valence electrons. The number of piperazine rings is 1. The number of rotatable bonds is 2. The van der Waals surface area contributed by atoms with Gasteiger partial charge in [-0.25, -0.2) is 0 Å². The van der Waals surface area contributed by atoms with Crippen molar-refractivity contribution < 1.29 is 27.6 Å². The first-order chi connectivity index (χ1) is 12.6. The Bertz CT molecular complexity index is 762. The summed E-state index contributed by atoms with van der Waals surface area (Å²) in [7, 11) is 0. The quantitative estimate of drug-likeness (QED) is 0.788. The van der Waals surface area contributed by atoms with Crippen LogP contribution in [0.25, 0.3) is 0 Å². The standard InChI is InChI=1S/C18H20F3N3O3/c1-11-9-24(15(26)14(22)25)13(12-5-3-2-4-6-12)10-23(11)16(27)17(7-8-17)18(19,20)21/h2-6,11,13H,7-10H2,1H3,(H2,22,25)/t11-,13-/m1/s1. The van der Waals surface area contributed by atoms with E-state index in [0.717, 1.165) is 0 Å². The summed E-state index contributed by atoms with van der Waals surface area (Å²) in [5.74, 6) is -3.02. The van der Waals surface area contributed by atoms with E-state index in [1.165, 1.54) is 9.80 Å². The van der Waals surface area contributed by atoms with Crippen molar-refractivity contribution in [2.24, 2.45) is 11.1 Å². The Hall–Kier alpha value is -2.58. The van der Waals surface area contributed by atoms with Gasteiger partial charge in [0.15, 0.2) is 0 Å². The third-order valence-corrected chi connectivity index (χ3v) is 5.36. The van der Waals surface area contributed by atoms with Gasteiger partial charge in [0, 0.05) is 19.1 Å². The van der Waals surface area contributed by atoms with Gasteiger partial charge in [0.05, 0.1) is 6.04 Å². The average molecular weight is 383 g/mol. The van der Waals surface area contributed by atoms with Crippen LogP contribution in [0.15, 0.2) is 30.3 Å². The van der Waals surface area contributed by atoms with Crippen LogP contribution in [-0.2, 0) is 14.4 Å². The van der Waals surface area contributed by atoms with Gasteiger partial charge < -0.3 is 15.5 Å². The second-order valence-corrected chi connectivity index (χ2v) is 7.13. The highest BCUT2D eigenvalue weighted by atomic mass is 19.4. The van der Waals surface area contributed by atoms with Crippen LogP contribution in [0.3, 0.4) is 0 Å². The summed E-state index contributed by atoms with van der Waals surface area (Å²) in [6, 6.07) is 7.16. The third-order valence-electron chi connectivity index (χ3n) is 5.36. The van der Waals surface area contributed by atoms with Gasteiger partial charge in [0.1, 0.15) is 5.41 Å². The molecule has 2 atom stereocenters. The molecule has 0 aromatic heterocycles. The molecule has 1 aromatic rings. The summed E-state index contributed by atoms with van der Waals surface area (Å²) in [5, 5.41) is 0. The molecule has 1 aliphatic heterocycles. The van der Waals surface area contributed by atoms with E-state index in [-0.39, 0.29) is 25.9 Å². The Morgan fingerprint density at radius 1 is 1.07 bits per heavy atom. The van der Waals surface area contributed by atoms with Gasteiger partial charge in [0.2, 0.25) is 5.91 Å². The van der Waals surface area contributed by atoms with E-state index in [1.54, 1.807) is 37.3 Å². The monoisotopic (exact) mass is 383 g/mol. The highest BCUT2D eigenvalue weighted by Crippen LogP contribution is 2.59. The van der Waals surface area contributed by atoms with E-state index in [1.807, 2.05) is 0 Å². The van der Waals surface area contributed by atoms with Gasteiger partial charge in [-0.3, -0.25) is 14.4 Å². The van der Waals surface area contributed by atoms with Gasteiger partial charge in [-0.2, -0.15) is 13.2 Å². The highest BCUT2D eigenvalue weighted by Gasteiger charge is 2.70. The average Bonchev–Trinajstić information content (AvgIpc) is 3.42. The largest absolute Gasteiger partial charge is 0.403 e. The van der Waals surface area contributed by atoms with Crippen molar-refractivity contribution in [3.8, 4) is 0 Å². The third kappa shape index (κ3) is 3.26. The van der Waals surface area contributed by atoms with Crippen LogP contribution in [0, 0.1) is 5.41 Å². The van der Waals surface area contributed by atoms with Crippen LogP contribution in [0.5, 0.6) is 0 Å². The van der Waals surface area contributed by atoms with Gasteiger partial charge >= 0.3 is 18.0 Å². The Labute approximate surface area is 154 Å². The van der Waals surface area contributed by atoms with Crippen LogP contribution in [0.1, 0.15) is 31.4 Å². The van der Waals surface area contributed by atoms with E-state index >= 15 is 0 Å². The lowest BCUT2D eigenvalue weighted by Crippen LogP contribution is -2.60. The minimum Gasteiger partial charge on any atom is -0.361 e. The molecule has 6 nitrogen and oxygen atoms in total. The molecule has 1 aromatic carbocycles. The lowest BCUT2D eigenvalue weighted by atomic mass is 9.96. The molecule has 0 spiro atoms. The van der Waals surface area contributed by atoms with E-state index in [9.17, 15) is 27.6 Å². The lowest BCUT2D eigenvalue weighted by Gasteiger charge is -2.46. The first-order valence-corrected chi connectivity index (χ1v) is 8.61. The van der Waals surface area contributed by atoms with Gasteiger partial charge in [-0.1, -0.05) is 30.3 Å². The fourth-order valence-corrected chi connectivity index (χ4v) is 3.60. The molecule has 3 amide bonds. The van der Waals surface area contributed by atoms with Crippen LogP contribution < -0.4 is 5.73 Å². The maximum absolute atomic E-state index is 13.4. The topological polar surface area (TPSA) is 83.7 Å². The number of hydrogen-bond acceptors (Lipinski definition) is 3. The summed E-state index contributed by atoms with van der Waals surface area (Å²) in [6.45, 7) is 1.37. The molecule has 0 bridgehead atoms. The SMILES string of the molecule is C[C@@H]1CN(C(=O)C(N)=O)[C@@H](c2ccccc2)CN1C(=O)C1(C(F)(F)F)CC1. The van der Waals surface area contributed by atoms with Gasteiger partial charge in [0.25, 0.3) is 0 Å². The molecule has 27 heavy (non-hydrogen) atoms. The van der Waals surface area contributed by atoms with Crippen molar-refractivity contribution >= 4 is 17.7 Å². The Morgan fingerprint density at radius 2 is 1.67 bits per heavy atom. The first kappa shape index (κ1) is 19.2. The smallest absolute Gasteiger partial charge is 0.361 e. The number of nitrogens with zero attached hydrogens (tertiary/aromatic N) is 2. The van der Waals surface area contributed by atoms with Crippen molar-refractivity contribution in [2.45, 2.75) is 38.0 Å². The molecular weight excluding hydrogens is 363 g/mol. The zero-order valence-corrected chi connectivity index (χ0v) is 14.7. The number of primary amides is 1. The number of nitrogens with two attached hydrogens (primary N) is 1. The zero-order valence-electron chi connectivity index (χ0n) is 14.7. The summed E-state index contributed by atoms with van der Waals surface area (Å²) >= 11 is 0. The maximum atomic E-state index is 13.4. The molecule has 1 aliphatic carbocycles. The van der Waals surface area contributed by atoms with Crippen molar-refractivity contribution in [1.29, 1.82) is 0 Å². The Kier molecular flexibility index (Phi) is 4.65. The van der Waals surface area contributed by atoms with Crippen molar-refractivity contribution in [2.75, 3.05) is 13.1 Å². The predicted molar refractivity (Wildman–Crippen MR) is 89.0 cm³/mol. The number of benzene rings is 1. The lowest BCUT2D eigenvalue weighted by molar-refractivity contribution is -0.201. The van der Waals surface area contributed by atoms with Crippen molar-refractivity contribution in [3.05, 3.63) is 35.9 Å². The van der Waals surface area contributed by atoms with Crippen LogP contribution >= 0.6 is 0 Å². The molecule has 0 radical (unpaired) electrons. The number of amides is 3. The first-order valence-electron chi connectivity index (χ1n) is 8.61. The number of halogens is 3. The van der Waals surface area contributed by atoms with Crippen LogP contribution in [0.4, 0.5) is 13.2 Å². The number of hydrogen-bond donors (Lipinski definition) is 1. The zero-order chi connectivity index (χ0) is 20.0. The molecule has 0 unspecified atom stereocenters. The number of carbonyl (C=O) groups excluding carboxylic acids is 3. The Balaban J connectivity index is 1.93. The van der Waals surface area contributed by atoms with E-state index in [2.05, 4.69) is 0 Å². The summed E-state index contributed by atoms with van der Waals surface area (Å²) < 4.78 is 40.2. The molecule has 3 rings (SSSR count). The predicted octanol–water partition coefficient (Wildman–Crippen LogP) is 1.61. The van der Waals surface area contributed by atoms with E-state index < -0.39 is 41.4 Å². The molecule has 2 aliphatic rings. The van der Waals surface area contributed by atoms with Crippen molar-refractivity contribution in [1.82, 2.24) is 9.80 Å². The summed E-state index contributed by atoms with van der Waals surface area (Å²) in [5.41, 5.74) is 3.42. The highest BCUT2D eigenvalue weighted by molar-refractivity contribution is 6.34. The maximum Gasteiger partial charge on any atom is 0.403 e. The fraction of sp³-hybridized carbons (Fsp3) is 0.500. The number of carbonyl (C=O) groups is 3. The summed E-state index contributed by atoms with van der Waals surface area (Å²) in [6.07, 6.45) is -5.05. The molecular formula is C18H20F3N3O3. The normalized spacial score (nSPS) is 24.4.